The van der Waals surface area contributed by atoms with E-state index in [2.05, 4.69) is 25.6 Å². The summed E-state index contributed by atoms with van der Waals surface area (Å²) >= 11 is 3.23. The lowest BCUT2D eigenvalue weighted by Gasteiger charge is -2.18. The van der Waals surface area contributed by atoms with Crippen LogP contribution in [0.4, 0.5) is 24.5 Å². The summed E-state index contributed by atoms with van der Waals surface area (Å²) in [4.78, 5) is 17.2. The normalized spacial score (nSPS) is 11.6. The number of sulfonamides is 1. The van der Waals surface area contributed by atoms with Crippen LogP contribution in [0.15, 0.2) is 70.2 Å². The van der Waals surface area contributed by atoms with Crippen molar-refractivity contribution in [1.29, 1.82) is 0 Å². The molecule has 0 saturated carbocycles. The number of nitrogens with zero attached hydrogens (tertiary/aromatic N) is 2. The van der Waals surface area contributed by atoms with Gasteiger partial charge in [-0.2, -0.15) is 13.2 Å². The number of aromatic nitrogens is 1. The number of esters is 1. The van der Waals surface area contributed by atoms with E-state index in [1.54, 1.807) is 43.1 Å². The van der Waals surface area contributed by atoms with Crippen molar-refractivity contribution in [3.8, 4) is 11.6 Å². The van der Waals surface area contributed by atoms with Gasteiger partial charge in [0.25, 0.3) is 10.0 Å². The maximum Gasteiger partial charge on any atom is 0.416 e. The van der Waals surface area contributed by atoms with Gasteiger partial charge in [0.1, 0.15) is 17.2 Å². The Morgan fingerprint density at radius 2 is 1.75 bits per heavy atom. The Balaban J connectivity index is 1.68. The molecule has 192 valence electrons. The van der Waals surface area contributed by atoms with Crippen LogP contribution in [0.1, 0.15) is 12.5 Å². The van der Waals surface area contributed by atoms with Crippen LogP contribution in [0.25, 0.3) is 0 Å². The largest absolute Gasteiger partial charge is 0.465 e. The van der Waals surface area contributed by atoms with E-state index in [4.69, 9.17) is 9.47 Å². The number of likely N-dealkylation sites (N-methyl/N-ethyl adjacent to an activating group) is 1. The Kier molecular flexibility index (Phi) is 8.46. The van der Waals surface area contributed by atoms with Gasteiger partial charge >= 0.3 is 12.1 Å². The maximum atomic E-state index is 12.7. The Morgan fingerprint density at radius 3 is 2.31 bits per heavy atom. The van der Waals surface area contributed by atoms with Crippen molar-refractivity contribution in [2.75, 3.05) is 29.8 Å². The first kappa shape index (κ1) is 27.3. The number of rotatable bonds is 9. The van der Waals surface area contributed by atoms with Gasteiger partial charge < -0.3 is 14.4 Å². The minimum atomic E-state index is -4.53. The predicted octanol–water partition coefficient (Wildman–Crippen LogP) is 5.46. The molecule has 0 aliphatic rings. The standard InChI is InChI=1S/C23H21BrF3N3O5S/c1-3-34-21(31)14-30(2)17-8-10-18(11-9-17)35-22-20(24)12-19(13-28-22)36(32,33)29-16-6-4-15(5-7-16)23(25,26)27/h4-13,29H,3,14H2,1-2H3. The fourth-order valence-corrected chi connectivity index (χ4v) is 4.55. The third-order valence-corrected chi connectivity index (χ3v) is 6.64. The van der Waals surface area contributed by atoms with E-state index in [9.17, 15) is 26.4 Å². The highest BCUT2D eigenvalue weighted by atomic mass is 79.9. The molecule has 1 N–H and O–H groups in total. The van der Waals surface area contributed by atoms with Gasteiger partial charge in [-0.3, -0.25) is 9.52 Å². The molecule has 2 aromatic carbocycles. The number of ether oxygens (including phenoxy) is 2. The molecule has 3 rings (SSSR count). The number of pyridine rings is 1. The highest BCUT2D eigenvalue weighted by molar-refractivity contribution is 9.10. The third kappa shape index (κ3) is 7.10. The number of anilines is 2. The van der Waals surface area contributed by atoms with Gasteiger partial charge in [0.05, 0.1) is 22.8 Å². The van der Waals surface area contributed by atoms with Crippen molar-refractivity contribution in [1.82, 2.24) is 4.98 Å². The van der Waals surface area contributed by atoms with Gasteiger partial charge in [-0.15, -0.1) is 0 Å². The van der Waals surface area contributed by atoms with Crippen molar-refractivity contribution in [3.63, 3.8) is 0 Å². The fourth-order valence-electron chi connectivity index (χ4n) is 2.94. The summed E-state index contributed by atoms with van der Waals surface area (Å²) in [5.74, 6) is 0.155. The lowest BCUT2D eigenvalue weighted by molar-refractivity contribution is -0.141. The summed E-state index contributed by atoms with van der Waals surface area (Å²) in [5, 5.41) is 0. The van der Waals surface area contributed by atoms with Gasteiger partial charge in [0.2, 0.25) is 5.88 Å². The molecule has 0 aliphatic heterocycles. The zero-order valence-corrected chi connectivity index (χ0v) is 21.4. The Hall–Kier alpha value is -3.32. The smallest absolute Gasteiger partial charge is 0.416 e. The summed E-state index contributed by atoms with van der Waals surface area (Å²) in [6.07, 6.45) is -3.46. The van der Waals surface area contributed by atoms with Crippen LogP contribution in [-0.4, -0.2) is 39.6 Å². The van der Waals surface area contributed by atoms with Gasteiger partial charge in [-0.1, -0.05) is 0 Å². The molecular formula is C23H21BrF3N3O5S. The van der Waals surface area contributed by atoms with Crippen molar-refractivity contribution >= 4 is 43.3 Å². The van der Waals surface area contributed by atoms with Gasteiger partial charge in [-0.25, -0.2) is 13.4 Å². The van der Waals surface area contributed by atoms with E-state index in [0.29, 0.717) is 12.4 Å². The zero-order valence-electron chi connectivity index (χ0n) is 19.0. The molecule has 1 aromatic heterocycles. The molecule has 3 aromatic rings. The molecule has 36 heavy (non-hydrogen) atoms. The van der Waals surface area contributed by atoms with Crippen LogP contribution in [0.2, 0.25) is 0 Å². The number of benzene rings is 2. The van der Waals surface area contributed by atoms with Crippen molar-refractivity contribution in [2.45, 2.75) is 18.0 Å². The first-order chi connectivity index (χ1) is 16.9. The molecule has 0 amide bonds. The Bertz CT molecular complexity index is 1320. The lowest BCUT2D eigenvalue weighted by Crippen LogP contribution is -2.26. The van der Waals surface area contributed by atoms with Crippen LogP contribution in [-0.2, 0) is 25.7 Å². The van der Waals surface area contributed by atoms with Crippen molar-refractivity contribution in [2.24, 2.45) is 0 Å². The first-order valence-corrected chi connectivity index (χ1v) is 12.7. The monoisotopic (exact) mass is 587 g/mol. The molecule has 0 unspecified atom stereocenters. The summed E-state index contributed by atoms with van der Waals surface area (Å²) < 4.78 is 76.5. The molecule has 8 nitrogen and oxygen atoms in total. The van der Waals surface area contributed by atoms with E-state index >= 15 is 0 Å². The van der Waals surface area contributed by atoms with Crippen molar-refractivity contribution in [3.05, 3.63) is 70.8 Å². The van der Waals surface area contributed by atoms with Gasteiger partial charge in [-0.05, 0) is 77.5 Å². The van der Waals surface area contributed by atoms with Crippen molar-refractivity contribution < 1.29 is 35.9 Å². The van der Waals surface area contributed by atoms with E-state index in [0.717, 1.165) is 36.1 Å². The SMILES string of the molecule is CCOC(=O)CN(C)c1ccc(Oc2ncc(S(=O)(=O)Nc3ccc(C(F)(F)F)cc3)cc2Br)cc1. The maximum absolute atomic E-state index is 12.7. The van der Waals surface area contributed by atoms with Crippen LogP contribution in [0, 0.1) is 0 Å². The average Bonchev–Trinajstić information content (AvgIpc) is 2.80. The highest BCUT2D eigenvalue weighted by Gasteiger charge is 2.30. The van der Waals surface area contributed by atoms with E-state index in [1.165, 1.54) is 6.07 Å². The number of alkyl halides is 3. The second-order valence-corrected chi connectivity index (χ2v) is 9.93. The predicted molar refractivity (Wildman–Crippen MR) is 131 cm³/mol. The molecule has 13 heteroatoms. The highest BCUT2D eigenvalue weighted by Crippen LogP contribution is 2.32. The summed E-state index contributed by atoms with van der Waals surface area (Å²) in [6.45, 7) is 2.11. The minimum Gasteiger partial charge on any atom is -0.465 e. The van der Waals surface area contributed by atoms with Gasteiger partial charge in [0, 0.05) is 18.4 Å². The number of nitrogens with one attached hydrogen (secondary N) is 1. The number of hydrogen-bond acceptors (Lipinski definition) is 7. The van der Waals surface area contributed by atoms with E-state index in [1.807, 2.05) is 0 Å². The van der Waals surface area contributed by atoms with E-state index in [-0.39, 0.29) is 33.4 Å². The van der Waals surface area contributed by atoms with Crippen LogP contribution >= 0.6 is 15.9 Å². The van der Waals surface area contributed by atoms with Crippen LogP contribution in [0.3, 0.4) is 0 Å². The second kappa shape index (κ2) is 11.2. The molecule has 0 radical (unpaired) electrons. The molecule has 0 atom stereocenters. The molecule has 0 fully saturated rings. The Labute approximate surface area is 214 Å². The average molecular weight is 588 g/mol. The minimum absolute atomic E-state index is 0.0348. The second-order valence-electron chi connectivity index (χ2n) is 7.40. The fraction of sp³-hybridized carbons (Fsp3) is 0.217. The van der Waals surface area contributed by atoms with E-state index < -0.39 is 21.8 Å². The van der Waals surface area contributed by atoms with Gasteiger partial charge in [0.15, 0.2) is 0 Å². The molecule has 0 aliphatic carbocycles. The molecule has 1 heterocycles. The Morgan fingerprint density at radius 1 is 1.11 bits per heavy atom. The quantitative estimate of drug-likeness (QED) is 0.332. The number of carbonyl (C=O) groups is 1. The lowest BCUT2D eigenvalue weighted by atomic mass is 10.2. The number of halogens is 4. The summed E-state index contributed by atoms with van der Waals surface area (Å²) in [6, 6.07) is 11.6. The first-order valence-electron chi connectivity index (χ1n) is 10.4. The topological polar surface area (TPSA) is 97.8 Å². The number of hydrogen-bond donors (Lipinski definition) is 1. The molecule has 0 bridgehead atoms. The van der Waals surface area contributed by atoms with Crippen LogP contribution in [0.5, 0.6) is 11.6 Å². The molecular weight excluding hydrogens is 567 g/mol. The third-order valence-electron chi connectivity index (χ3n) is 4.72. The summed E-state index contributed by atoms with van der Waals surface area (Å²) in [5.41, 5.74) is -0.180. The number of carbonyl (C=O) groups excluding carboxylic acids is 1. The molecule has 0 saturated heterocycles. The molecule has 0 spiro atoms. The summed E-state index contributed by atoms with van der Waals surface area (Å²) in [7, 11) is -2.39. The van der Waals surface area contributed by atoms with Crippen LogP contribution < -0.4 is 14.4 Å². The zero-order chi connectivity index (χ0) is 26.5.